The Labute approximate surface area is 112 Å². The molecule has 1 aliphatic rings. The first-order chi connectivity index (χ1) is 8.58. The molecule has 5 heteroatoms. The number of carbonyl (C=O) groups excluding carboxylic acids is 1. The third-order valence-electron chi connectivity index (χ3n) is 3.62. The van der Waals surface area contributed by atoms with Crippen LogP contribution in [0.2, 0.25) is 5.15 Å². The third kappa shape index (κ3) is 2.99. The Morgan fingerprint density at radius 2 is 2.00 bits per heavy atom. The summed E-state index contributed by atoms with van der Waals surface area (Å²) in [6.07, 6.45) is 2.15. The van der Waals surface area contributed by atoms with Crippen molar-refractivity contribution in [3.8, 4) is 0 Å². The van der Waals surface area contributed by atoms with Crippen molar-refractivity contribution in [3.63, 3.8) is 0 Å². The van der Waals surface area contributed by atoms with E-state index in [4.69, 9.17) is 11.6 Å². The number of hydrogen-bond donors (Lipinski definition) is 0. The Bertz CT molecular complexity index is 411. The minimum Gasteiger partial charge on any atom is -0.337 e. The molecular weight excluding hydrogens is 250 g/mol. The second kappa shape index (κ2) is 5.65. The van der Waals surface area contributed by atoms with Crippen LogP contribution in [-0.2, 0) is 0 Å². The van der Waals surface area contributed by atoms with E-state index in [1.165, 1.54) is 0 Å². The Morgan fingerprint density at radius 3 is 2.50 bits per heavy atom. The molecule has 0 atom stereocenters. The number of halogens is 1. The van der Waals surface area contributed by atoms with E-state index in [1.807, 2.05) is 4.90 Å². The van der Waals surface area contributed by atoms with Crippen LogP contribution >= 0.6 is 11.6 Å². The van der Waals surface area contributed by atoms with Crippen molar-refractivity contribution in [1.29, 1.82) is 0 Å². The Kier molecular flexibility index (Phi) is 4.17. The number of nitrogens with zero attached hydrogens (tertiary/aromatic N) is 3. The van der Waals surface area contributed by atoms with Gasteiger partial charge in [-0.1, -0.05) is 25.4 Å². The van der Waals surface area contributed by atoms with Crippen molar-refractivity contribution in [2.24, 2.45) is 11.8 Å². The number of likely N-dealkylation sites (tertiary alicyclic amines) is 1. The van der Waals surface area contributed by atoms with Crippen molar-refractivity contribution in [2.75, 3.05) is 13.1 Å². The average molecular weight is 268 g/mol. The van der Waals surface area contributed by atoms with Gasteiger partial charge >= 0.3 is 0 Å². The summed E-state index contributed by atoms with van der Waals surface area (Å²) in [6, 6.07) is 3.23. The van der Waals surface area contributed by atoms with Gasteiger partial charge in [0.05, 0.1) is 0 Å². The van der Waals surface area contributed by atoms with Crippen molar-refractivity contribution < 1.29 is 4.79 Å². The maximum Gasteiger partial charge on any atom is 0.274 e. The number of carbonyl (C=O) groups is 1. The summed E-state index contributed by atoms with van der Waals surface area (Å²) in [6.45, 7) is 6.11. The normalized spacial score (nSPS) is 17.2. The lowest BCUT2D eigenvalue weighted by atomic mass is 9.86. The highest BCUT2D eigenvalue weighted by Crippen LogP contribution is 2.25. The summed E-state index contributed by atoms with van der Waals surface area (Å²) in [5.74, 6) is 1.38. The van der Waals surface area contributed by atoms with Gasteiger partial charge in [0, 0.05) is 13.1 Å². The molecule has 98 valence electrons. The monoisotopic (exact) mass is 267 g/mol. The fraction of sp³-hybridized carbons (Fsp3) is 0.615. The van der Waals surface area contributed by atoms with Crippen LogP contribution in [0, 0.1) is 11.8 Å². The summed E-state index contributed by atoms with van der Waals surface area (Å²) in [7, 11) is 0. The van der Waals surface area contributed by atoms with Crippen molar-refractivity contribution in [3.05, 3.63) is 23.0 Å². The van der Waals surface area contributed by atoms with Crippen LogP contribution in [0.5, 0.6) is 0 Å². The molecule has 2 rings (SSSR count). The van der Waals surface area contributed by atoms with Gasteiger partial charge in [0.2, 0.25) is 0 Å². The largest absolute Gasteiger partial charge is 0.337 e. The molecule has 0 saturated carbocycles. The molecule has 2 heterocycles. The van der Waals surface area contributed by atoms with Gasteiger partial charge in [-0.15, -0.1) is 10.2 Å². The highest BCUT2D eigenvalue weighted by Gasteiger charge is 2.25. The van der Waals surface area contributed by atoms with Crippen LogP contribution in [0.25, 0.3) is 0 Å². The van der Waals surface area contributed by atoms with E-state index >= 15 is 0 Å². The molecule has 1 aliphatic heterocycles. The topological polar surface area (TPSA) is 46.1 Å². The van der Waals surface area contributed by atoms with Crippen LogP contribution in [-0.4, -0.2) is 34.1 Å². The van der Waals surface area contributed by atoms with Crippen LogP contribution in [0.1, 0.15) is 37.2 Å². The number of rotatable bonds is 2. The van der Waals surface area contributed by atoms with E-state index in [0.717, 1.165) is 31.8 Å². The molecule has 0 spiro atoms. The molecule has 0 aliphatic carbocycles. The molecule has 4 nitrogen and oxygen atoms in total. The Balaban J connectivity index is 1.97. The first-order valence-electron chi connectivity index (χ1n) is 6.36. The first-order valence-corrected chi connectivity index (χ1v) is 6.74. The lowest BCUT2D eigenvalue weighted by Gasteiger charge is -2.33. The van der Waals surface area contributed by atoms with Crippen molar-refractivity contribution in [2.45, 2.75) is 26.7 Å². The average Bonchev–Trinajstić information content (AvgIpc) is 2.39. The minimum absolute atomic E-state index is 0.0404. The number of aromatic nitrogens is 2. The summed E-state index contributed by atoms with van der Waals surface area (Å²) in [5, 5.41) is 7.85. The van der Waals surface area contributed by atoms with Gasteiger partial charge in [0.25, 0.3) is 5.91 Å². The van der Waals surface area contributed by atoms with Gasteiger partial charge in [0.1, 0.15) is 0 Å². The predicted molar refractivity (Wildman–Crippen MR) is 70.5 cm³/mol. The standard InChI is InChI=1S/C13H18ClN3O/c1-9(2)10-5-7-17(8-6-10)13(18)11-3-4-12(14)16-15-11/h3-4,9-10H,5-8H2,1-2H3. The van der Waals surface area contributed by atoms with E-state index in [0.29, 0.717) is 16.8 Å². The van der Waals surface area contributed by atoms with E-state index in [-0.39, 0.29) is 5.91 Å². The lowest BCUT2D eigenvalue weighted by molar-refractivity contribution is 0.0660. The highest BCUT2D eigenvalue weighted by atomic mass is 35.5. The van der Waals surface area contributed by atoms with Crippen LogP contribution < -0.4 is 0 Å². The van der Waals surface area contributed by atoms with E-state index in [1.54, 1.807) is 12.1 Å². The molecule has 1 saturated heterocycles. The number of piperidine rings is 1. The summed E-state index contributed by atoms with van der Waals surface area (Å²) >= 11 is 5.66. The maximum atomic E-state index is 12.2. The minimum atomic E-state index is -0.0404. The quantitative estimate of drug-likeness (QED) is 0.828. The van der Waals surface area contributed by atoms with Crippen LogP contribution in [0.4, 0.5) is 0 Å². The lowest BCUT2D eigenvalue weighted by Crippen LogP contribution is -2.39. The van der Waals surface area contributed by atoms with Gasteiger partial charge in [-0.3, -0.25) is 4.79 Å². The maximum absolute atomic E-state index is 12.2. The van der Waals surface area contributed by atoms with E-state index < -0.39 is 0 Å². The number of amides is 1. The van der Waals surface area contributed by atoms with Gasteiger partial charge < -0.3 is 4.90 Å². The molecule has 1 amide bonds. The molecule has 18 heavy (non-hydrogen) atoms. The summed E-state index contributed by atoms with van der Waals surface area (Å²) < 4.78 is 0. The molecule has 1 aromatic heterocycles. The smallest absolute Gasteiger partial charge is 0.274 e. The fourth-order valence-electron chi connectivity index (χ4n) is 2.36. The summed E-state index contributed by atoms with van der Waals surface area (Å²) in [4.78, 5) is 14.0. The second-order valence-electron chi connectivity index (χ2n) is 5.11. The molecule has 0 unspecified atom stereocenters. The number of hydrogen-bond acceptors (Lipinski definition) is 3. The zero-order valence-corrected chi connectivity index (χ0v) is 11.5. The zero-order chi connectivity index (χ0) is 13.1. The zero-order valence-electron chi connectivity index (χ0n) is 10.8. The van der Waals surface area contributed by atoms with Crippen molar-refractivity contribution in [1.82, 2.24) is 15.1 Å². The first kappa shape index (κ1) is 13.3. The van der Waals surface area contributed by atoms with Gasteiger partial charge in [-0.05, 0) is 36.8 Å². The summed E-state index contributed by atoms with van der Waals surface area (Å²) in [5.41, 5.74) is 0.377. The van der Waals surface area contributed by atoms with E-state index in [9.17, 15) is 4.79 Å². The molecule has 1 fully saturated rings. The highest BCUT2D eigenvalue weighted by molar-refractivity contribution is 6.29. The molecule has 0 bridgehead atoms. The predicted octanol–water partition coefficient (Wildman–Crippen LogP) is 2.64. The third-order valence-corrected chi connectivity index (χ3v) is 3.82. The Hall–Kier alpha value is -1.16. The Morgan fingerprint density at radius 1 is 1.33 bits per heavy atom. The SMILES string of the molecule is CC(C)C1CCN(C(=O)c2ccc(Cl)nn2)CC1. The van der Waals surface area contributed by atoms with Crippen LogP contribution in [0.15, 0.2) is 12.1 Å². The fourth-order valence-corrected chi connectivity index (χ4v) is 2.46. The molecular formula is C13H18ClN3O. The molecule has 0 aromatic carbocycles. The van der Waals surface area contributed by atoms with E-state index in [2.05, 4.69) is 24.0 Å². The van der Waals surface area contributed by atoms with Gasteiger partial charge in [0.15, 0.2) is 10.8 Å². The molecule has 0 N–H and O–H groups in total. The molecule has 0 radical (unpaired) electrons. The van der Waals surface area contributed by atoms with Crippen LogP contribution in [0.3, 0.4) is 0 Å². The second-order valence-corrected chi connectivity index (χ2v) is 5.50. The molecule has 1 aromatic rings. The van der Waals surface area contributed by atoms with Crippen molar-refractivity contribution >= 4 is 17.5 Å². The van der Waals surface area contributed by atoms with Gasteiger partial charge in [-0.25, -0.2) is 0 Å². The van der Waals surface area contributed by atoms with Gasteiger partial charge in [-0.2, -0.15) is 0 Å².